The van der Waals surface area contributed by atoms with Gasteiger partial charge in [-0.3, -0.25) is 0 Å². The van der Waals surface area contributed by atoms with Gasteiger partial charge in [0.2, 0.25) is 0 Å². The van der Waals surface area contributed by atoms with Crippen LogP contribution in [0.3, 0.4) is 0 Å². The summed E-state index contributed by atoms with van der Waals surface area (Å²) in [5.41, 5.74) is 0.959. The van der Waals surface area contributed by atoms with E-state index in [4.69, 9.17) is 0 Å². The van der Waals surface area contributed by atoms with Crippen LogP contribution in [0.25, 0.3) is 5.82 Å². The summed E-state index contributed by atoms with van der Waals surface area (Å²) >= 11 is 0. The standard InChI is InChI=1S/C12H16N6/c1-9-4-2-7-11(14-9)18-12(15-16-17-18)8-13-10-5-3-6-10/h2,4,7,10,13H,3,5-6,8H2,1H3. The highest BCUT2D eigenvalue weighted by molar-refractivity contribution is 5.23. The van der Waals surface area contributed by atoms with Crippen LogP contribution in [-0.2, 0) is 6.54 Å². The van der Waals surface area contributed by atoms with E-state index in [1.54, 1.807) is 4.68 Å². The van der Waals surface area contributed by atoms with Crippen molar-refractivity contribution in [3.63, 3.8) is 0 Å². The third kappa shape index (κ3) is 2.24. The highest BCUT2D eigenvalue weighted by atomic mass is 15.6. The minimum Gasteiger partial charge on any atom is -0.307 e. The number of rotatable bonds is 4. The molecule has 0 saturated heterocycles. The second-order valence-electron chi connectivity index (χ2n) is 4.65. The normalized spacial score (nSPS) is 15.6. The molecule has 1 saturated carbocycles. The van der Waals surface area contributed by atoms with E-state index < -0.39 is 0 Å². The average Bonchev–Trinajstić information content (AvgIpc) is 2.75. The van der Waals surface area contributed by atoms with Crippen LogP contribution in [0.15, 0.2) is 18.2 Å². The first-order valence-electron chi connectivity index (χ1n) is 6.27. The first-order chi connectivity index (χ1) is 8.83. The van der Waals surface area contributed by atoms with E-state index in [2.05, 4.69) is 25.8 Å². The molecule has 0 atom stereocenters. The Kier molecular flexibility index (Phi) is 3.02. The SMILES string of the molecule is Cc1cccc(-n2nnnc2CNC2CCC2)n1. The molecule has 2 aromatic rings. The maximum absolute atomic E-state index is 4.43. The summed E-state index contributed by atoms with van der Waals surface area (Å²) in [6, 6.07) is 6.46. The Hall–Kier alpha value is -1.82. The molecule has 0 bridgehead atoms. The number of pyridine rings is 1. The van der Waals surface area contributed by atoms with Crippen LogP contribution in [0.1, 0.15) is 30.8 Å². The van der Waals surface area contributed by atoms with E-state index in [9.17, 15) is 0 Å². The minimum absolute atomic E-state index is 0.626. The lowest BCUT2D eigenvalue weighted by Crippen LogP contribution is -2.35. The van der Waals surface area contributed by atoms with E-state index in [0.717, 1.165) is 17.3 Å². The number of nitrogens with zero attached hydrogens (tertiary/aromatic N) is 5. The molecule has 3 rings (SSSR count). The Bertz CT molecular complexity index is 531. The van der Waals surface area contributed by atoms with Gasteiger partial charge in [-0.2, -0.15) is 4.68 Å². The second-order valence-corrected chi connectivity index (χ2v) is 4.65. The molecule has 18 heavy (non-hydrogen) atoms. The van der Waals surface area contributed by atoms with Crippen LogP contribution in [0.4, 0.5) is 0 Å². The van der Waals surface area contributed by atoms with Gasteiger partial charge in [-0.25, -0.2) is 4.98 Å². The van der Waals surface area contributed by atoms with Crippen molar-refractivity contribution in [3.8, 4) is 5.82 Å². The number of hydrogen-bond donors (Lipinski definition) is 1. The van der Waals surface area contributed by atoms with Crippen LogP contribution >= 0.6 is 0 Å². The zero-order chi connectivity index (χ0) is 12.4. The molecular formula is C12H16N6. The van der Waals surface area contributed by atoms with Crippen LogP contribution in [0.2, 0.25) is 0 Å². The molecule has 0 unspecified atom stereocenters. The lowest BCUT2D eigenvalue weighted by atomic mass is 9.93. The molecule has 0 aliphatic heterocycles. The molecule has 0 aromatic carbocycles. The zero-order valence-electron chi connectivity index (χ0n) is 10.4. The molecule has 1 aliphatic carbocycles. The zero-order valence-corrected chi connectivity index (χ0v) is 10.4. The number of aryl methyl sites for hydroxylation is 1. The van der Waals surface area contributed by atoms with Crippen molar-refractivity contribution in [2.45, 2.75) is 38.8 Å². The molecule has 0 spiro atoms. The van der Waals surface area contributed by atoms with Gasteiger partial charge in [0.1, 0.15) is 0 Å². The number of nitrogens with one attached hydrogen (secondary N) is 1. The summed E-state index contributed by atoms with van der Waals surface area (Å²) in [6.45, 7) is 2.65. The molecule has 2 aromatic heterocycles. The van der Waals surface area contributed by atoms with Gasteiger partial charge in [-0.15, -0.1) is 5.10 Å². The summed E-state index contributed by atoms with van der Waals surface area (Å²) in [4.78, 5) is 4.43. The smallest absolute Gasteiger partial charge is 0.172 e. The van der Waals surface area contributed by atoms with Gasteiger partial charge >= 0.3 is 0 Å². The van der Waals surface area contributed by atoms with Gasteiger partial charge in [0.05, 0.1) is 6.54 Å². The van der Waals surface area contributed by atoms with Crippen LogP contribution < -0.4 is 5.32 Å². The predicted octanol–water partition coefficient (Wildman–Crippen LogP) is 1.01. The van der Waals surface area contributed by atoms with E-state index in [-0.39, 0.29) is 0 Å². The molecular weight excluding hydrogens is 228 g/mol. The van der Waals surface area contributed by atoms with Crippen molar-refractivity contribution in [2.24, 2.45) is 0 Å². The van der Waals surface area contributed by atoms with Crippen LogP contribution in [0.5, 0.6) is 0 Å². The summed E-state index contributed by atoms with van der Waals surface area (Å²) in [5, 5.41) is 15.2. The quantitative estimate of drug-likeness (QED) is 0.869. The third-order valence-electron chi connectivity index (χ3n) is 3.28. The first kappa shape index (κ1) is 11.3. The Labute approximate surface area is 105 Å². The summed E-state index contributed by atoms with van der Waals surface area (Å²) in [5.74, 6) is 1.57. The van der Waals surface area contributed by atoms with Gasteiger partial charge in [0, 0.05) is 11.7 Å². The van der Waals surface area contributed by atoms with E-state index in [1.165, 1.54) is 19.3 Å². The Morgan fingerprint density at radius 2 is 2.28 bits per heavy atom. The largest absolute Gasteiger partial charge is 0.307 e. The van der Waals surface area contributed by atoms with Crippen molar-refractivity contribution in [2.75, 3.05) is 0 Å². The van der Waals surface area contributed by atoms with Gasteiger partial charge in [0.25, 0.3) is 0 Å². The fraction of sp³-hybridized carbons (Fsp3) is 0.500. The summed E-state index contributed by atoms with van der Waals surface area (Å²) < 4.78 is 1.69. The van der Waals surface area contributed by atoms with Crippen LogP contribution in [-0.4, -0.2) is 31.2 Å². The molecule has 6 nitrogen and oxygen atoms in total. The van der Waals surface area contributed by atoms with E-state index in [0.29, 0.717) is 12.6 Å². The highest BCUT2D eigenvalue weighted by Crippen LogP contribution is 2.18. The van der Waals surface area contributed by atoms with Crippen molar-refractivity contribution in [1.82, 2.24) is 30.5 Å². The van der Waals surface area contributed by atoms with Gasteiger partial charge < -0.3 is 5.32 Å². The van der Waals surface area contributed by atoms with E-state index >= 15 is 0 Å². The number of aromatic nitrogens is 5. The average molecular weight is 244 g/mol. The topological polar surface area (TPSA) is 68.5 Å². The highest BCUT2D eigenvalue weighted by Gasteiger charge is 2.18. The van der Waals surface area contributed by atoms with Gasteiger partial charge in [0.15, 0.2) is 11.6 Å². The number of hydrogen-bond acceptors (Lipinski definition) is 5. The third-order valence-corrected chi connectivity index (χ3v) is 3.28. The molecule has 6 heteroatoms. The van der Waals surface area contributed by atoms with Gasteiger partial charge in [-0.1, -0.05) is 12.5 Å². The fourth-order valence-corrected chi connectivity index (χ4v) is 1.99. The van der Waals surface area contributed by atoms with Crippen molar-refractivity contribution >= 4 is 0 Å². The fourth-order valence-electron chi connectivity index (χ4n) is 1.99. The Balaban J connectivity index is 1.77. The maximum atomic E-state index is 4.43. The van der Waals surface area contributed by atoms with Crippen molar-refractivity contribution in [3.05, 3.63) is 29.7 Å². The molecule has 0 amide bonds. The van der Waals surface area contributed by atoms with Crippen LogP contribution in [0, 0.1) is 6.92 Å². The Morgan fingerprint density at radius 1 is 1.39 bits per heavy atom. The summed E-state index contributed by atoms with van der Waals surface area (Å²) in [7, 11) is 0. The lowest BCUT2D eigenvalue weighted by molar-refractivity contribution is 0.334. The number of tetrazole rings is 1. The molecule has 1 aliphatic rings. The minimum atomic E-state index is 0.626. The van der Waals surface area contributed by atoms with Crippen molar-refractivity contribution < 1.29 is 0 Å². The molecule has 2 heterocycles. The summed E-state index contributed by atoms with van der Waals surface area (Å²) in [6.07, 6.45) is 3.83. The first-order valence-corrected chi connectivity index (χ1v) is 6.27. The monoisotopic (exact) mass is 244 g/mol. The van der Waals surface area contributed by atoms with Crippen molar-refractivity contribution in [1.29, 1.82) is 0 Å². The maximum Gasteiger partial charge on any atom is 0.172 e. The molecule has 0 radical (unpaired) electrons. The molecule has 1 fully saturated rings. The molecule has 1 N–H and O–H groups in total. The van der Waals surface area contributed by atoms with Gasteiger partial charge in [-0.05, 0) is 42.3 Å². The lowest BCUT2D eigenvalue weighted by Gasteiger charge is -2.26. The second kappa shape index (κ2) is 4.81. The predicted molar refractivity (Wildman–Crippen MR) is 66.2 cm³/mol. The van der Waals surface area contributed by atoms with E-state index in [1.807, 2.05) is 25.1 Å². The Morgan fingerprint density at radius 3 is 3.00 bits per heavy atom. The molecule has 94 valence electrons.